The fourth-order valence-electron chi connectivity index (χ4n) is 5.07. The highest BCUT2D eigenvalue weighted by molar-refractivity contribution is 5.91. The Bertz CT molecular complexity index is 1660. The molecule has 5 rings (SSSR count). The average Bonchev–Trinajstić information content (AvgIpc) is 2.89. The van der Waals surface area contributed by atoms with Gasteiger partial charge in [-0.2, -0.15) is 4.98 Å². The van der Waals surface area contributed by atoms with E-state index in [-0.39, 0.29) is 28.8 Å². The molecule has 11 heteroatoms. The number of carbonyl (C=O) groups excluding carboxylic acids is 1. The zero-order valence-corrected chi connectivity index (χ0v) is 21.7. The molecule has 3 aromatic heterocycles. The van der Waals surface area contributed by atoms with Crippen LogP contribution in [0, 0.1) is 25.5 Å². The number of nitrogens with zero attached hydrogens (tertiary/aromatic N) is 6. The van der Waals surface area contributed by atoms with Gasteiger partial charge in [0.15, 0.2) is 11.5 Å². The predicted octanol–water partition coefficient (Wildman–Crippen LogP) is 3.67. The van der Waals surface area contributed by atoms with Gasteiger partial charge in [-0.25, -0.2) is 23.1 Å². The van der Waals surface area contributed by atoms with Crippen LogP contribution in [0.2, 0.25) is 0 Å². The van der Waals surface area contributed by atoms with E-state index >= 15 is 4.39 Å². The van der Waals surface area contributed by atoms with Gasteiger partial charge in [0, 0.05) is 31.9 Å². The van der Waals surface area contributed by atoms with Crippen molar-refractivity contribution in [3.8, 4) is 22.7 Å². The summed E-state index contributed by atoms with van der Waals surface area (Å²) in [6.07, 6.45) is 2.85. The third kappa shape index (κ3) is 4.39. The van der Waals surface area contributed by atoms with Crippen molar-refractivity contribution in [3.05, 3.63) is 82.6 Å². The molecule has 0 spiro atoms. The van der Waals surface area contributed by atoms with Crippen molar-refractivity contribution in [1.29, 1.82) is 0 Å². The maximum atomic E-state index is 15.7. The molecule has 9 nitrogen and oxygen atoms in total. The molecule has 4 heterocycles. The fraction of sp³-hybridized carbons (Fsp3) is 0.250. The molecular formula is C28H26F2N6O3. The SMILES string of the molecule is C=CC(=O)N1CCN(c2nc(=O)n(-c3c(C)ccnc3C)c3nc(-c4c(O)cccc4F)c(F)cc23)[C@@H](C)C1. The number of hydrogen-bond acceptors (Lipinski definition) is 7. The van der Waals surface area contributed by atoms with Crippen LogP contribution in [0.5, 0.6) is 5.75 Å². The number of aryl methyl sites for hydroxylation is 2. The summed E-state index contributed by atoms with van der Waals surface area (Å²) in [4.78, 5) is 42.4. The van der Waals surface area contributed by atoms with Crippen molar-refractivity contribution in [3.63, 3.8) is 0 Å². The lowest BCUT2D eigenvalue weighted by molar-refractivity contribution is -0.126. The number of anilines is 1. The molecule has 0 radical (unpaired) electrons. The summed E-state index contributed by atoms with van der Waals surface area (Å²) in [5, 5.41) is 10.6. The van der Waals surface area contributed by atoms with E-state index < -0.39 is 34.3 Å². The topological polar surface area (TPSA) is 104 Å². The number of aromatic nitrogens is 4. The lowest BCUT2D eigenvalue weighted by atomic mass is 10.1. The number of fused-ring (bicyclic) bond motifs is 1. The molecule has 200 valence electrons. The summed E-state index contributed by atoms with van der Waals surface area (Å²) in [5.41, 5.74) is 0.113. The van der Waals surface area contributed by atoms with Crippen LogP contribution in [-0.2, 0) is 4.79 Å². The third-order valence-electron chi connectivity index (χ3n) is 6.95. The third-order valence-corrected chi connectivity index (χ3v) is 6.95. The maximum Gasteiger partial charge on any atom is 0.355 e. The van der Waals surface area contributed by atoms with Gasteiger partial charge in [-0.05, 0) is 56.7 Å². The predicted molar refractivity (Wildman–Crippen MR) is 143 cm³/mol. The maximum absolute atomic E-state index is 15.7. The number of amides is 1. The Labute approximate surface area is 222 Å². The van der Waals surface area contributed by atoms with Crippen LogP contribution < -0.4 is 10.6 Å². The number of phenolic OH excluding ortho intramolecular Hbond substituents is 1. The van der Waals surface area contributed by atoms with E-state index in [9.17, 15) is 19.1 Å². The van der Waals surface area contributed by atoms with E-state index in [1.54, 1.807) is 31.0 Å². The van der Waals surface area contributed by atoms with E-state index in [1.165, 1.54) is 22.8 Å². The van der Waals surface area contributed by atoms with Gasteiger partial charge >= 0.3 is 5.69 Å². The number of aromatic hydroxyl groups is 1. The molecule has 1 aliphatic rings. The van der Waals surface area contributed by atoms with Crippen LogP contribution in [0.4, 0.5) is 14.6 Å². The average molecular weight is 533 g/mol. The Kier molecular flexibility index (Phi) is 6.59. The first-order valence-electron chi connectivity index (χ1n) is 12.3. The number of halogens is 2. The van der Waals surface area contributed by atoms with Crippen molar-refractivity contribution in [2.45, 2.75) is 26.8 Å². The van der Waals surface area contributed by atoms with Crippen molar-refractivity contribution < 1.29 is 18.7 Å². The smallest absolute Gasteiger partial charge is 0.355 e. The van der Waals surface area contributed by atoms with Gasteiger partial charge in [-0.1, -0.05) is 12.6 Å². The molecule has 4 aromatic rings. The Balaban J connectivity index is 1.81. The first kappa shape index (κ1) is 26.0. The Morgan fingerprint density at radius 3 is 2.59 bits per heavy atom. The summed E-state index contributed by atoms with van der Waals surface area (Å²) in [6, 6.07) is 6.22. The quantitative estimate of drug-likeness (QED) is 0.400. The number of pyridine rings is 2. The van der Waals surface area contributed by atoms with Crippen molar-refractivity contribution in [2.24, 2.45) is 0 Å². The lowest BCUT2D eigenvalue weighted by Gasteiger charge is -2.40. The first-order chi connectivity index (χ1) is 18.6. The van der Waals surface area contributed by atoms with Crippen molar-refractivity contribution in [2.75, 3.05) is 24.5 Å². The monoisotopic (exact) mass is 532 g/mol. The standard InChI is InChI=1S/C28H26F2N6O3/c1-5-22(38)34-11-12-35(16(3)14-34)26-18-13-20(30)24(23-19(29)7-6-8-21(23)37)32-27(18)36(28(39)33-26)25-15(2)9-10-31-17(25)4/h5-10,13,16,37H,1,11-12,14H2,2-4H3/t16-/m0/s1. The molecule has 0 unspecified atom stereocenters. The zero-order chi connectivity index (χ0) is 28.0. The van der Waals surface area contributed by atoms with Crippen LogP contribution >= 0.6 is 0 Å². The lowest BCUT2D eigenvalue weighted by Crippen LogP contribution is -2.54. The summed E-state index contributed by atoms with van der Waals surface area (Å²) >= 11 is 0. The van der Waals surface area contributed by atoms with E-state index in [0.717, 1.165) is 12.1 Å². The molecule has 0 bridgehead atoms. The highest BCUT2D eigenvalue weighted by atomic mass is 19.1. The van der Waals surface area contributed by atoms with Gasteiger partial charge in [0.1, 0.15) is 23.1 Å². The Morgan fingerprint density at radius 2 is 1.92 bits per heavy atom. The van der Waals surface area contributed by atoms with Crippen LogP contribution in [0.25, 0.3) is 28.0 Å². The Morgan fingerprint density at radius 1 is 1.15 bits per heavy atom. The van der Waals surface area contributed by atoms with Crippen LogP contribution in [0.3, 0.4) is 0 Å². The van der Waals surface area contributed by atoms with E-state index in [0.29, 0.717) is 36.6 Å². The molecule has 0 aliphatic carbocycles. The van der Waals surface area contributed by atoms with Crippen molar-refractivity contribution in [1.82, 2.24) is 24.4 Å². The summed E-state index contributed by atoms with van der Waals surface area (Å²) in [7, 11) is 0. The van der Waals surface area contributed by atoms with Gasteiger partial charge in [-0.15, -0.1) is 0 Å². The first-order valence-corrected chi connectivity index (χ1v) is 12.3. The second-order valence-electron chi connectivity index (χ2n) is 9.47. The number of rotatable bonds is 4. The van der Waals surface area contributed by atoms with Gasteiger partial charge < -0.3 is 14.9 Å². The van der Waals surface area contributed by atoms with E-state index in [1.807, 2.05) is 11.8 Å². The van der Waals surface area contributed by atoms with E-state index in [2.05, 4.69) is 21.5 Å². The molecule has 1 fully saturated rings. The number of carbonyl (C=O) groups is 1. The summed E-state index contributed by atoms with van der Waals surface area (Å²) in [6.45, 7) is 9.94. The number of hydrogen-bond donors (Lipinski definition) is 1. The minimum Gasteiger partial charge on any atom is -0.507 e. The minimum absolute atomic E-state index is 0.0278. The summed E-state index contributed by atoms with van der Waals surface area (Å²) < 4.78 is 31.7. The molecule has 1 saturated heterocycles. The van der Waals surface area contributed by atoms with Gasteiger partial charge in [0.2, 0.25) is 5.91 Å². The number of benzene rings is 1. The van der Waals surface area contributed by atoms with Crippen LogP contribution in [0.1, 0.15) is 18.2 Å². The minimum atomic E-state index is -0.899. The molecule has 1 atom stereocenters. The Hall–Kier alpha value is -4.67. The fourth-order valence-corrected chi connectivity index (χ4v) is 5.07. The highest BCUT2D eigenvalue weighted by Gasteiger charge is 2.30. The highest BCUT2D eigenvalue weighted by Crippen LogP contribution is 2.36. The molecule has 1 aromatic carbocycles. The second-order valence-corrected chi connectivity index (χ2v) is 9.47. The van der Waals surface area contributed by atoms with Gasteiger partial charge in [0.25, 0.3) is 0 Å². The number of piperazine rings is 1. The number of phenols is 1. The normalized spacial score (nSPS) is 15.6. The molecule has 1 N–H and O–H groups in total. The van der Waals surface area contributed by atoms with E-state index in [4.69, 9.17) is 0 Å². The van der Waals surface area contributed by atoms with Gasteiger partial charge in [-0.3, -0.25) is 9.78 Å². The molecule has 1 amide bonds. The zero-order valence-electron chi connectivity index (χ0n) is 21.7. The van der Waals surface area contributed by atoms with Crippen LogP contribution in [0.15, 0.2) is 54.0 Å². The molecule has 0 saturated carbocycles. The second kappa shape index (κ2) is 9.90. The van der Waals surface area contributed by atoms with Crippen molar-refractivity contribution >= 4 is 22.8 Å². The largest absolute Gasteiger partial charge is 0.507 e. The molecule has 1 aliphatic heterocycles. The molecular weight excluding hydrogens is 506 g/mol. The summed E-state index contributed by atoms with van der Waals surface area (Å²) in [5.74, 6) is -2.27. The molecule has 39 heavy (non-hydrogen) atoms. The van der Waals surface area contributed by atoms with Crippen LogP contribution in [-0.4, -0.2) is 61.1 Å². The van der Waals surface area contributed by atoms with Gasteiger partial charge in [0.05, 0.1) is 22.3 Å².